The van der Waals surface area contributed by atoms with Crippen LogP contribution in [0.15, 0.2) is 243 Å². The number of anilines is 6. The zero-order chi connectivity index (χ0) is 101. The molecule has 0 radical (unpaired) electrons. The number of para-hydroxylation sites is 2. The van der Waals surface area contributed by atoms with Crippen LogP contribution in [0.5, 0.6) is 0 Å². The second-order valence-electron chi connectivity index (χ2n) is 38.4. The second kappa shape index (κ2) is 60.0. The topological polar surface area (TPSA) is 390 Å². The third kappa shape index (κ3) is 33.4. The minimum absolute atomic E-state index is 0.572. The van der Waals surface area contributed by atoms with Gasteiger partial charge in [0.15, 0.2) is 0 Å². The number of aryl methyl sites for hydroxylation is 6. The molecule has 0 fully saturated rings. The molecule has 0 spiro atoms. The van der Waals surface area contributed by atoms with Gasteiger partial charge >= 0.3 is 0 Å². The van der Waals surface area contributed by atoms with E-state index in [1.807, 2.05) is 42.5 Å². The van der Waals surface area contributed by atoms with Gasteiger partial charge in [-0.15, -0.1) is 0 Å². The van der Waals surface area contributed by atoms with Gasteiger partial charge in [0.05, 0.1) is 33.1 Å². The molecule has 143 heavy (non-hydrogen) atoms. The molecule has 16 rings (SSSR count). The largest absolute Gasteiger partial charge is 0.383 e. The fourth-order valence-corrected chi connectivity index (χ4v) is 19.1. The lowest BCUT2D eigenvalue weighted by molar-refractivity contribution is 0.678. The molecule has 0 amide bonds. The molecule has 10 aromatic carbocycles. The molecule has 0 aliphatic carbocycles. The van der Waals surface area contributed by atoms with E-state index in [0.717, 1.165) is 185 Å². The molecule has 18 nitrogen and oxygen atoms in total. The van der Waals surface area contributed by atoms with Crippen molar-refractivity contribution >= 4 is 100 Å². The normalized spacial score (nSPS) is 11.1. The maximum absolute atomic E-state index is 6.27. The molecule has 0 saturated heterocycles. The molecule has 0 bridgehead atoms. The Balaban J connectivity index is 0.000000164. The molecular formula is C125H164N18. The molecule has 18 heteroatoms. The first-order chi connectivity index (χ1) is 69.9. The van der Waals surface area contributed by atoms with Gasteiger partial charge in [0, 0.05) is 58.5 Å². The third-order valence-corrected chi connectivity index (χ3v) is 27.4. The van der Waals surface area contributed by atoms with Crippen LogP contribution in [-0.2, 0) is 103 Å². The average Bonchev–Trinajstić information content (AvgIpc) is 0.803. The Bertz CT molecular complexity index is 6300. The summed E-state index contributed by atoms with van der Waals surface area (Å²) in [5.74, 6) is 4.13. The lowest BCUT2D eigenvalue weighted by atomic mass is 9.94. The number of nitrogens with zero attached hydrogens (tertiary/aromatic N) is 6. The van der Waals surface area contributed by atoms with Gasteiger partial charge in [0.25, 0.3) is 0 Å². The first-order valence-electron chi connectivity index (χ1n) is 53.4. The molecule has 0 aliphatic heterocycles. The van der Waals surface area contributed by atoms with E-state index >= 15 is 0 Å². The van der Waals surface area contributed by atoms with Crippen LogP contribution in [0.25, 0.3) is 65.4 Å². The highest BCUT2D eigenvalue weighted by Crippen LogP contribution is 2.35. The first kappa shape index (κ1) is 111. The van der Waals surface area contributed by atoms with Crippen molar-refractivity contribution in [2.24, 2.45) is 34.4 Å². The Morgan fingerprint density at radius 1 is 0.175 bits per heavy atom. The number of benzene rings is 10. The Morgan fingerprint density at radius 3 is 0.706 bits per heavy atom. The smallest absolute Gasteiger partial charge is 0.127 e. The number of unbranched alkanes of at least 4 members (excludes halogenated alkanes) is 15. The molecule has 754 valence electrons. The van der Waals surface area contributed by atoms with Crippen LogP contribution < -0.4 is 68.8 Å². The number of aromatic nitrogens is 6. The van der Waals surface area contributed by atoms with E-state index in [4.69, 9.17) is 68.8 Å². The summed E-state index contributed by atoms with van der Waals surface area (Å²) in [6.07, 6.45) is 39.1. The van der Waals surface area contributed by atoms with Gasteiger partial charge in [-0.05, 0) is 326 Å². The summed E-state index contributed by atoms with van der Waals surface area (Å²) in [5.41, 5.74) is 102. The lowest BCUT2D eigenvalue weighted by Gasteiger charge is -2.15. The summed E-state index contributed by atoms with van der Waals surface area (Å²) in [6, 6.07) is 84.9. The van der Waals surface area contributed by atoms with Gasteiger partial charge in [-0.1, -0.05) is 307 Å². The van der Waals surface area contributed by atoms with Crippen LogP contribution in [0, 0.1) is 0 Å². The number of nitrogens with two attached hydrogens (primary N) is 12. The zero-order valence-corrected chi connectivity index (χ0v) is 86.7. The highest BCUT2D eigenvalue weighted by molar-refractivity contribution is 5.90. The van der Waals surface area contributed by atoms with Gasteiger partial charge in [-0.25, -0.2) is 29.9 Å². The van der Waals surface area contributed by atoms with Crippen LogP contribution in [0.1, 0.15) is 300 Å². The van der Waals surface area contributed by atoms with Gasteiger partial charge in [0.1, 0.15) is 34.9 Å². The van der Waals surface area contributed by atoms with Crippen molar-refractivity contribution in [1.29, 1.82) is 0 Å². The summed E-state index contributed by atoms with van der Waals surface area (Å²) in [7, 11) is 0. The number of hydrogen-bond acceptors (Lipinski definition) is 18. The van der Waals surface area contributed by atoms with Crippen molar-refractivity contribution in [2.45, 2.75) is 292 Å². The maximum Gasteiger partial charge on any atom is 0.127 e. The van der Waals surface area contributed by atoms with E-state index in [-0.39, 0.29) is 0 Å². The molecule has 6 aromatic heterocycles. The number of hydrogen-bond donors (Lipinski definition) is 12. The second-order valence-corrected chi connectivity index (χ2v) is 38.4. The van der Waals surface area contributed by atoms with Crippen molar-refractivity contribution in [3.63, 3.8) is 0 Å². The van der Waals surface area contributed by atoms with Crippen molar-refractivity contribution in [3.05, 3.63) is 354 Å². The van der Waals surface area contributed by atoms with E-state index in [2.05, 4.69) is 272 Å². The Morgan fingerprint density at radius 2 is 0.406 bits per heavy atom. The maximum atomic E-state index is 6.27. The van der Waals surface area contributed by atoms with Crippen LogP contribution in [-0.4, -0.2) is 43.0 Å². The van der Waals surface area contributed by atoms with Gasteiger partial charge in [-0.2, -0.15) is 0 Å². The van der Waals surface area contributed by atoms with Crippen molar-refractivity contribution in [3.8, 4) is 0 Å². The molecule has 0 saturated carbocycles. The highest BCUT2D eigenvalue weighted by Gasteiger charge is 2.19. The molecular weight excluding hydrogens is 1750 g/mol. The van der Waals surface area contributed by atoms with Crippen molar-refractivity contribution in [2.75, 3.05) is 47.5 Å². The number of pyridine rings is 6. The van der Waals surface area contributed by atoms with Crippen molar-refractivity contribution < 1.29 is 0 Å². The molecule has 6 heterocycles. The number of rotatable bonds is 45. The Kier molecular flexibility index (Phi) is 46.4. The van der Waals surface area contributed by atoms with Crippen molar-refractivity contribution in [1.82, 2.24) is 29.9 Å². The van der Waals surface area contributed by atoms with Gasteiger partial charge in [0.2, 0.25) is 0 Å². The first-order valence-corrected chi connectivity index (χ1v) is 53.4. The number of fused-ring (bicyclic) bond motifs is 6. The summed E-state index contributed by atoms with van der Waals surface area (Å²) in [5, 5.41) is 7.38. The molecule has 24 N–H and O–H groups in total. The summed E-state index contributed by atoms with van der Waals surface area (Å²) >= 11 is 0. The van der Waals surface area contributed by atoms with Crippen LogP contribution in [0.3, 0.4) is 0 Å². The highest BCUT2D eigenvalue weighted by atomic mass is 14.9. The minimum Gasteiger partial charge on any atom is -0.383 e. The van der Waals surface area contributed by atoms with Crippen LogP contribution in [0.4, 0.5) is 34.9 Å². The molecule has 0 atom stereocenters. The average molecular weight is 1920 g/mol. The summed E-state index contributed by atoms with van der Waals surface area (Å²) in [6.45, 7) is 17.2. The Hall–Kier alpha value is -12.8. The van der Waals surface area contributed by atoms with Crippen LogP contribution in [0.2, 0.25) is 0 Å². The Labute approximate surface area is 853 Å². The predicted octanol–water partition coefficient (Wildman–Crippen LogP) is 26.4. The fraction of sp³-hybridized carbons (Fsp3) is 0.376. The van der Waals surface area contributed by atoms with E-state index in [1.165, 1.54) is 235 Å². The van der Waals surface area contributed by atoms with E-state index in [9.17, 15) is 0 Å². The summed E-state index contributed by atoms with van der Waals surface area (Å²) < 4.78 is 0. The minimum atomic E-state index is 0.572. The van der Waals surface area contributed by atoms with Gasteiger partial charge in [-0.3, -0.25) is 0 Å². The lowest BCUT2D eigenvalue weighted by Crippen LogP contribution is -2.06. The van der Waals surface area contributed by atoms with E-state index in [1.54, 1.807) is 0 Å². The zero-order valence-electron chi connectivity index (χ0n) is 86.7. The monoisotopic (exact) mass is 1920 g/mol. The SMILES string of the molecule is CCCCCc1c(N)nc2ccccc2c1CCCCCN.CCCCCc1c(N)nc2ccccc2c1CCCCN.CCCCCc1cc2c(Cc3ccc(CN)cc3)cccc2nc1N.CCCCCc1cc2c(Cc3ccc(CN)cc3)cccc2nc1N.CCCCCc1cc2c(Cc3cccc(CN)c3)cccc2nc1N.CCCCCc1cc2c(Cc3cccc(CN)c3)cccc2nc1N. The van der Waals surface area contributed by atoms with Gasteiger partial charge < -0.3 is 68.8 Å². The molecule has 0 aliphatic rings. The van der Waals surface area contributed by atoms with E-state index in [0.29, 0.717) is 55.3 Å². The molecule has 0 unspecified atom stereocenters. The van der Waals surface area contributed by atoms with Crippen LogP contribution >= 0.6 is 0 Å². The standard InChI is InChI=1S/4C22H27N3.C19H29N3.C18H27N3/c2*1-2-3-4-9-19-14-20-18(10-6-11-21(20)25-22(19)24)13-16-7-5-8-17(12-16)15-23;2*1-2-3-4-6-19-14-20-18(7-5-8-21(20)25-22(19)24)13-16-9-11-17(15-23)12-10-16;1-2-3-5-12-17-15(10-6-4-9-14-20)16-11-7-8-13-18(16)22-19(17)21;1-2-3-4-11-16-14(9-7-8-13-19)15-10-5-6-12-17(15)21-18(16)20/h2*5-8,10-12,14H,2-4,9,13,15,23H2,1H3,(H2,24,25);2*5,7-12,14H,2-4,6,13,15,23H2,1H3,(H2,24,25);7-8,11,13H,2-6,9-10,12,14,20H2,1H3,(H2,21,22);5-6,10,12H,2-4,7-9,11,13,19H2,1H3,(H2,20,21). The summed E-state index contributed by atoms with van der Waals surface area (Å²) in [4.78, 5) is 27.8. The third-order valence-electron chi connectivity index (χ3n) is 27.4. The quantitative estimate of drug-likeness (QED) is 0.0158. The van der Waals surface area contributed by atoms with E-state index < -0.39 is 0 Å². The molecule has 16 aromatic rings. The number of nitrogen functional groups attached to an aromatic ring is 6. The predicted molar refractivity (Wildman–Crippen MR) is 613 cm³/mol. The fourth-order valence-electron chi connectivity index (χ4n) is 19.1.